The van der Waals surface area contributed by atoms with Gasteiger partial charge in [-0.15, -0.1) is 0 Å². The average Bonchev–Trinajstić information content (AvgIpc) is 2.38. The Kier molecular flexibility index (Phi) is 3.83. The summed E-state index contributed by atoms with van der Waals surface area (Å²) in [6, 6.07) is 19.6. The molecule has 0 aliphatic carbocycles. The molecule has 2 aromatic rings. The normalized spacial score (nSPS) is 10.4. The fourth-order valence-corrected chi connectivity index (χ4v) is 3.42. The van der Waals surface area contributed by atoms with Gasteiger partial charge in [0.25, 0.3) is 0 Å². The maximum absolute atomic E-state index is 11.0. The topological polar surface area (TPSA) is 37.3 Å². The van der Waals surface area contributed by atoms with Crippen molar-refractivity contribution in [2.24, 2.45) is 0 Å². The van der Waals surface area contributed by atoms with E-state index in [2.05, 4.69) is 0 Å². The minimum atomic E-state index is -0.763. The Hall–Kier alpha value is -1.74. The van der Waals surface area contributed by atoms with E-state index in [9.17, 15) is 4.79 Å². The summed E-state index contributed by atoms with van der Waals surface area (Å²) in [6.45, 7) is 0. The second-order valence-electron chi connectivity index (χ2n) is 3.55. The zero-order chi connectivity index (χ0) is 12.1. The van der Waals surface area contributed by atoms with Gasteiger partial charge >= 0.3 is 5.97 Å². The molecular formula is C14H13O2S+. The van der Waals surface area contributed by atoms with Gasteiger partial charge in [0, 0.05) is 0 Å². The van der Waals surface area contributed by atoms with E-state index < -0.39 is 5.97 Å². The number of carboxylic acid groups (broad SMARTS) is 1. The molecule has 86 valence electrons. The van der Waals surface area contributed by atoms with Gasteiger partial charge in [-0.3, -0.25) is 0 Å². The Bertz CT molecular complexity index is 443. The van der Waals surface area contributed by atoms with Crippen molar-refractivity contribution in [1.82, 2.24) is 0 Å². The summed E-state index contributed by atoms with van der Waals surface area (Å²) in [5, 5.41) is 9.01. The standard InChI is InChI=1S/C14H12O2S/c15-14(16)11-17(12-7-3-1-4-8-12)13-9-5-2-6-10-13/h1-10H,11H2/p+1. The average molecular weight is 245 g/mol. The van der Waals surface area contributed by atoms with E-state index in [1.54, 1.807) is 0 Å². The van der Waals surface area contributed by atoms with Crippen LogP contribution in [0.25, 0.3) is 0 Å². The molecule has 2 aromatic carbocycles. The third-order valence-corrected chi connectivity index (χ3v) is 4.54. The van der Waals surface area contributed by atoms with Crippen LogP contribution >= 0.6 is 0 Å². The Morgan fingerprint density at radius 1 is 0.882 bits per heavy atom. The highest BCUT2D eigenvalue weighted by molar-refractivity contribution is 7.97. The molecule has 2 rings (SSSR count). The molecule has 0 saturated heterocycles. The molecule has 0 saturated carbocycles. The highest BCUT2D eigenvalue weighted by Gasteiger charge is 2.27. The number of carbonyl (C=O) groups is 1. The molecule has 1 N–H and O–H groups in total. The lowest BCUT2D eigenvalue weighted by Gasteiger charge is -2.05. The Morgan fingerprint density at radius 2 is 1.29 bits per heavy atom. The summed E-state index contributed by atoms with van der Waals surface area (Å²) in [7, 11) is -0.381. The smallest absolute Gasteiger partial charge is 0.354 e. The van der Waals surface area contributed by atoms with Crippen molar-refractivity contribution in [1.29, 1.82) is 0 Å². The number of aliphatic carboxylic acids is 1. The second kappa shape index (κ2) is 5.55. The van der Waals surface area contributed by atoms with Crippen molar-refractivity contribution in [2.75, 3.05) is 5.75 Å². The van der Waals surface area contributed by atoms with E-state index in [0.717, 1.165) is 9.79 Å². The van der Waals surface area contributed by atoms with Crippen molar-refractivity contribution in [3.8, 4) is 0 Å². The minimum absolute atomic E-state index is 0.147. The molecule has 0 aliphatic rings. The second-order valence-corrected chi connectivity index (χ2v) is 5.57. The zero-order valence-corrected chi connectivity index (χ0v) is 10.1. The molecule has 0 aliphatic heterocycles. The molecule has 0 atom stereocenters. The maximum atomic E-state index is 11.0. The van der Waals surface area contributed by atoms with Crippen LogP contribution in [0.1, 0.15) is 0 Å². The summed E-state index contributed by atoms with van der Waals surface area (Å²) >= 11 is 0. The lowest BCUT2D eigenvalue weighted by Crippen LogP contribution is -2.16. The van der Waals surface area contributed by atoms with Gasteiger partial charge in [-0.1, -0.05) is 36.4 Å². The summed E-state index contributed by atoms with van der Waals surface area (Å²) in [5.74, 6) is -0.616. The first-order valence-electron chi connectivity index (χ1n) is 5.30. The first kappa shape index (κ1) is 11.7. The molecule has 0 fully saturated rings. The van der Waals surface area contributed by atoms with Gasteiger partial charge in [0.1, 0.15) is 0 Å². The fraction of sp³-hybridized carbons (Fsp3) is 0.0714. The summed E-state index contributed by atoms with van der Waals surface area (Å²) in [6.07, 6.45) is 0. The van der Waals surface area contributed by atoms with Crippen molar-refractivity contribution in [3.05, 3.63) is 60.7 Å². The quantitative estimate of drug-likeness (QED) is 0.841. The number of carboxylic acids is 1. The number of benzene rings is 2. The molecule has 0 spiro atoms. The SMILES string of the molecule is O=C(O)C[S+](c1ccccc1)c1ccccc1. The minimum Gasteiger partial charge on any atom is -0.478 e. The predicted molar refractivity (Wildman–Crippen MR) is 69.3 cm³/mol. The highest BCUT2D eigenvalue weighted by Crippen LogP contribution is 2.22. The van der Waals surface area contributed by atoms with Gasteiger partial charge in [-0.2, -0.15) is 0 Å². The first-order chi connectivity index (χ1) is 8.27. The van der Waals surface area contributed by atoms with Crippen LogP contribution in [-0.2, 0) is 15.7 Å². The molecule has 0 bridgehead atoms. The van der Waals surface area contributed by atoms with Crippen molar-refractivity contribution in [2.45, 2.75) is 9.79 Å². The van der Waals surface area contributed by atoms with Crippen molar-refractivity contribution >= 4 is 16.9 Å². The Morgan fingerprint density at radius 3 is 1.65 bits per heavy atom. The molecule has 0 heterocycles. The van der Waals surface area contributed by atoms with Crippen LogP contribution < -0.4 is 0 Å². The maximum Gasteiger partial charge on any atom is 0.354 e. The van der Waals surface area contributed by atoms with E-state index in [1.807, 2.05) is 60.7 Å². The number of hydrogen-bond acceptors (Lipinski definition) is 1. The van der Waals surface area contributed by atoms with Gasteiger partial charge in [0.2, 0.25) is 5.75 Å². The van der Waals surface area contributed by atoms with E-state index in [-0.39, 0.29) is 16.6 Å². The monoisotopic (exact) mass is 245 g/mol. The van der Waals surface area contributed by atoms with Crippen LogP contribution in [0.2, 0.25) is 0 Å². The van der Waals surface area contributed by atoms with Gasteiger partial charge in [0.05, 0.1) is 10.9 Å². The van der Waals surface area contributed by atoms with Gasteiger partial charge in [0.15, 0.2) is 9.79 Å². The van der Waals surface area contributed by atoms with Crippen LogP contribution in [-0.4, -0.2) is 16.8 Å². The van der Waals surface area contributed by atoms with E-state index in [1.165, 1.54) is 0 Å². The third-order valence-electron chi connectivity index (χ3n) is 2.32. The molecule has 0 amide bonds. The van der Waals surface area contributed by atoms with Crippen molar-refractivity contribution < 1.29 is 9.90 Å². The first-order valence-corrected chi connectivity index (χ1v) is 6.69. The lowest BCUT2D eigenvalue weighted by atomic mass is 10.4. The molecule has 2 nitrogen and oxygen atoms in total. The van der Waals surface area contributed by atoms with Gasteiger partial charge in [-0.25, -0.2) is 4.79 Å². The highest BCUT2D eigenvalue weighted by atomic mass is 32.2. The largest absolute Gasteiger partial charge is 0.478 e. The Balaban J connectivity index is 2.36. The molecule has 0 radical (unpaired) electrons. The summed E-state index contributed by atoms with van der Waals surface area (Å²) in [5.41, 5.74) is 0. The predicted octanol–water partition coefficient (Wildman–Crippen LogP) is 2.81. The Labute approximate surface area is 103 Å². The number of rotatable bonds is 4. The third kappa shape index (κ3) is 3.11. The molecule has 17 heavy (non-hydrogen) atoms. The van der Waals surface area contributed by atoms with Crippen LogP contribution in [0.4, 0.5) is 0 Å². The van der Waals surface area contributed by atoms with E-state index in [0.29, 0.717) is 0 Å². The van der Waals surface area contributed by atoms with Gasteiger partial charge < -0.3 is 5.11 Å². The van der Waals surface area contributed by atoms with Gasteiger partial charge in [-0.05, 0) is 24.3 Å². The lowest BCUT2D eigenvalue weighted by molar-refractivity contribution is -0.133. The molecule has 3 heteroatoms. The van der Waals surface area contributed by atoms with Crippen LogP contribution in [0.5, 0.6) is 0 Å². The van der Waals surface area contributed by atoms with Crippen LogP contribution in [0.15, 0.2) is 70.5 Å². The molecule has 0 aromatic heterocycles. The van der Waals surface area contributed by atoms with E-state index >= 15 is 0 Å². The molecular weight excluding hydrogens is 232 g/mol. The van der Waals surface area contributed by atoms with Crippen molar-refractivity contribution in [3.63, 3.8) is 0 Å². The van der Waals surface area contributed by atoms with Crippen LogP contribution in [0, 0.1) is 0 Å². The molecule has 0 unspecified atom stereocenters. The van der Waals surface area contributed by atoms with E-state index in [4.69, 9.17) is 5.11 Å². The number of hydrogen-bond donors (Lipinski definition) is 1. The fourth-order valence-electron chi connectivity index (χ4n) is 1.60. The zero-order valence-electron chi connectivity index (χ0n) is 9.24. The summed E-state index contributed by atoms with van der Waals surface area (Å²) < 4.78 is 0. The summed E-state index contributed by atoms with van der Waals surface area (Å²) in [4.78, 5) is 13.1. The van der Waals surface area contributed by atoms with Crippen LogP contribution in [0.3, 0.4) is 0 Å².